The van der Waals surface area contributed by atoms with E-state index >= 15 is 0 Å². The minimum absolute atomic E-state index is 0.00137. The van der Waals surface area contributed by atoms with Gasteiger partial charge in [-0.1, -0.05) is 36.4 Å². The van der Waals surface area contributed by atoms with Crippen LogP contribution in [-0.4, -0.2) is 33.9 Å². The van der Waals surface area contributed by atoms with E-state index in [1.165, 1.54) is 29.2 Å². The van der Waals surface area contributed by atoms with Crippen LogP contribution in [0.3, 0.4) is 0 Å². The molecule has 0 saturated heterocycles. The van der Waals surface area contributed by atoms with Crippen LogP contribution in [-0.2, 0) is 17.6 Å². The number of amides is 1. The Kier molecular flexibility index (Phi) is 5.10. The number of ether oxygens (including phenoxy) is 1. The number of non-ortho nitro benzene ring substituents is 1. The lowest BCUT2D eigenvalue weighted by atomic mass is 9.91. The molecule has 4 aromatic rings. The number of nitro benzene ring substituents is 1. The maximum atomic E-state index is 13.5. The molecule has 2 aliphatic heterocycles. The first-order chi connectivity index (χ1) is 17.1. The highest BCUT2D eigenvalue weighted by molar-refractivity contribution is 5.93. The van der Waals surface area contributed by atoms with Crippen molar-refractivity contribution in [3.8, 4) is 5.75 Å². The number of para-hydroxylation sites is 1. The summed E-state index contributed by atoms with van der Waals surface area (Å²) in [6.07, 6.45) is 4.76. The lowest BCUT2D eigenvalue weighted by Gasteiger charge is -2.36. The van der Waals surface area contributed by atoms with Crippen molar-refractivity contribution in [3.63, 3.8) is 0 Å². The number of aromatic nitrogens is 1. The van der Waals surface area contributed by atoms with Gasteiger partial charge in [-0.3, -0.25) is 14.9 Å². The monoisotopic (exact) mass is 465 g/mol. The first kappa shape index (κ1) is 21.2. The second-order valence-electron chi connectivity index (χ2n) is 8.90. The van der Waals surface area contributed by atoms with Gasteiger partial charge < -0.3 is 14.6 Å². The molecule has 0 bridgehead atoms. The summed E-state index contributed by atoms with van der Waals surface area (Å²) in [5, 5.41) is 12.3. The highest BCUT2D eigenvalue weighted by atomic mass is 16.6. The Morgan fingerprint density at radius 2 is 1.97 bits per heavy atom. The van der Waals surface area contributed by atoms with Gasteiger partial charge in [0.15, 0.2) is 0 Å². The molecule has 174 valence electrons. The first-order valence-corrected chi connectivity index (χ1v) is 11.7. The van der Waals surface area contributed by atoms with Crippen LogP contribution in [0.2, 0.25) is 0 Å². The molecule has 2 aliphatic rings. The lowest BCUT2D eigenvalue weighted by molar-refractivity contribution is -0.384. The summed E-state index contributed by atoms with van der Waals surface area (Å²) in [5.41, 5.74) is 6.15. The van der Waals surface area contributed by atoms with E-state index in [1.807, 2.05) is 29.2 Å². The molecule has 0 saturated carbocycles. The number of carbonyl (C=O) groups excluding carboxylic acids is 1. The topological polar surface area (TPSA) is 88.5 Å². The number of fused-ring (bicyclic) bond motifs is 4. The predicted molar refractivity (Wildman–Crippen MR) is 133 cm³/mol. The average Bonchev–Trinajstić information content (AvgIpc) is 3.50. The summed E-state index contributed by atoms with van der Waals surface area (Å²) in [6, 6.07) is 20.4. The van der Waals surface area contributed by atoms with Crippen LogP contribution in [0.15, 0.2) is 72.8 Å². The summed E-state index contributed by atoms with van der Waals surface area (Å²) in [7, 11) is 0. The number of nitrogens with zero attached hydrogens (tertiary/aromatic N) is 2. The van der Waals surface area contributed by atoms with Gasteiger partial charge >= 0.3 is 0 Å². The van der Waals surface area contributed by atoms with E-state index in [1.54, 1.807) is 18.2 Å². The first-order valence-electron chi connectivity index (χ1n) is 11.7. The van der Waals surface area contributed by atoms with E-state index in [-0.39, 0.29) is 17.6 Å². The number of hydrogen-bond donors (Lipinski definition) is 1. The van der Waals surface area contributed by atoms with E-state index in [0.29, 0.717) is 18.7 Å². The fourth-order valence-electron chi connectivity index (χ4n) is 5.21. The van der Waals surface area contributed by atoms with Crippen LogP contribution in [0, 0.1) is 10.1 Å². The summed E-state index contributed by atoms with van der Waals surface area (Å²) in [5.74, 6) is 0.771. The molecule has 0 radical (unpaired) electrons. The third kappa shape index (κ3) is 3.75. The van der Waals surface area contributed by atoms with Crippen LogP contribution < -0.4 is 4.74 Å². The molecule has 35 heavy (non-hydrogen) atoms. The Labute approximate surface area is 201 Å². The van der Waals surface area contributed by atoms with Crippen LogP contribution in [0.4, 0.5) is 5.69 Å². The molecule has 1 N–H and O–H groups in total. The van der Waals surface area contributed by atoms with Crippen molar-refractivity contribution in [1.29, 1.82) is 0 Å². The third-order valence-corrected chi connectivity index (χ3v) is 6.85. The SMILES string of the molecule is O=C(C=Cc1cccc([N+](=O)[O-])c1)N1CCc2c([nH]c3ccccc23)[C@@H]1c1ccc2c(c1)CCO2. The van der Waals surface area contributed by atoms with Crippen LogP contribution in [0.1, 0.15) is 34.0 Å². The predicted octanol–water partition coefficient (Wildman–Crippen LogP) is 5.20. The molecular weight excluding hydrogens is 442 g/mol. The normalized spacial score (nSPS) is 16.8. The van der Waals surface area contributed by atoms with Gasteiger partial charge in [0, 0.05) is 47.8 Å². The summed E-state index contributed by atoms with van der Waals surface area (Å²) in [6.45, 7) is 1.25. The number of hydrogen-bond acceptors (Lipinski definition) is 4. The van der Waals surface area contributed by atoms with Gasteiger partial charge in [-0.15, -0.1) is 0 Å². The van der Waals surface area contributed by atoms with Gasteiger partial charge in [0.2, 0.25) is 5.91 Å². The van der Waals surface area contributed by atoms with E-state index in [9.17, 15) is 14.9 Å². The van der Waals surface area contributed by atoms with E-state index in [2.05, 4.69) is 23.2 Å². The zero-order chi connectivity index (χ0) is 23.9. The fraction of sp³-hybridized carbons (Fsp3) is 0.179. The number of nitrogens with one attached hydrogen (secondary N) is 1. The molecule has 7 heteroatoms. The lowest BCUT2D eigenvalue weighted by Crippen LogP contribution is -2.39. The number of H-pyrrole nitrogens is 1. The Bertz CT molecular complexity index is 1500. The molecular formula is C28H23N3O4. The zero-order valence-electron chi connectivity index (χ0n) is 18.9. The molecule has 0 unspecified atom stereocenters. The molecule has 3 aromatic carbocycles. The van der Waals surface area contributed by atoms with Crippen molar-refractivity contribution in [1.82, 2.24) is 9.88 Å². The van der Waals surface area contributed by atoms with Crippen molar-refractivity contribution in [2.45, 2.75) is 18.9 Å². The number of benzene rings is 3. The fourth-order valence-corrected chi connectivity index (χ4v) is 5.21. The van der Waals surface area contributed by atoms with Crippen LogP contribution in [0.5, 0.6) is 5.75 Å². The van der Waals surface area contributed by atoms with Crippen molar-refractivity contribution >= 4 is 28.6 Å². The number of aromatic amines is 1. The van der Waals surface area contributed by atoms with Gasteiger partial charge in [0.1, 0.15) is 5.75 Å². The molecule has 0 aliphatic carbocycles. The quantitative estimate of drug-likeness (QED) is 0.255. The van der Waals surface area contributed by atoms with E-state index < -0.39 is 4.92 Å². The molecule has 0 spiro atoms. The van der Waals surface area contributed by atoms with Gasteiger partial charge in [-0.05, 0) is 52.9 Å². The average molecular weight is 466 g/mol. The van der Waals surface area contributed by atoms with Crippen molar-refractivity contribution < 1.29 is 14.5 Å². The number of rotatable bonds is 4. The van der Waals surface area contributed by atoms with E-state index in [4.69, 9.17) is 4.74 Å². The van der Waals surface area contributed by atoms with Crippen LogP contribution >= 0.6 is 0 Å². The molecule has 1 aromatic heterocycles. The highest BCUT2D eigenvalue weighted by Gasteiger charge is 2.34. The smallest absolute Gasteiger partial charge is 0.270 e. The molecule has 6 rings (SSSR count). The maximum Gasteiger partial charge on any atom is 0.270 e. The minimum atomic E-state index is -0.436. The standard InChI is InChI=1S/C28H23N3O4/c32-26(11-8-18-4-3-5-21(16-18)31(33)34)30-14-12-23-22-6-1-2-7-24(22)29-27(23)28(30)20-9-10-25-19(17-20)13-15-35-25/h1-11,16-17,28-29H,12-15H2/t28-/m0/s1. The van der Waals surface area contributed by atoms with Crippen molar-refractivity contribution in [2.75, 3.05) is 13.2 Å². The summed E-state index contributed by atoms with van der Waals surface area (Å²) >= 11 is 0. The zero-order valence-corrected chi connectivity index (χ0v) is 18.9. The van der Waals surface area contributed by atoms with Crippen molar-refractivity contribution in [3.05, 3.63) is 111 Å². The minimum Gasteiger partial charge on any atom is -0.493 e. The maximum absolute atomic E-state index is 13.5. The molecule has 0 fully saturated rings. The second kappa shape index (κ2) is 8.43. The molecule has 1 atom stereocenters. The second-order valence-corrected chi connectivity index (χ2v) is 8.90. The highest BCUT2D eigenvalue weighted by Crippen LogP contribution is 2.40. The Morgan fingerprint density at radius 3 is 2.86 bits per heavy atom. The molecule has 1 amide bonds. The molecule has 3 heterocycles. The Hall–Kier alpha value is -4.39. The largest absolute Gasteiger partial charge is 0.493 e. The van der Waals surface area contributed by atoms with Crippen molar-refractivity contribution in [2.24, 2.45) is 0 Å². The van der Waals surface area contributed by atoms with Gasteiger partial charge in [-0.2, -0.15) is 0 Å². The Morgan fingerprint density at radius 1 is 1.09 bits per heavy atom. The summed E-state index contributed by atoms with van der Waals surface area (Å²) in [4.78, 5) is 29.6. The van der Waals surface area contributed by atoms with Gasteiger partial charge in [-0.25, -0.2) is 0 Å². The third-order valence-electron chi connectivity index (χ3n) is 6.85. The van der Waals surface area contributed by atoms with Gasteiger partial charge in [0.05, 0.1) is 17.6 Å². The number of carbonyl (C=O) groups is 1. The number of nitro groups is 1. The molecule has 7 nitrogen and oxygen atoms in total. The van der Waals surface area contributed by atoms with Gasteiger partial charge in [0.25, 0.3) is 5.69 Å². The Balaban J connectivity index is 1.40. The van der Waals surface area contributed by atoms with Crippen LogP contribution in [0.25, 0.3) is 17.0 Å². The van der Waals surface area contributed by atoms with E-state index in [0.717, 1.165) is 40.9 Å². The summed E-state index contributed by atoms with van der Waals surface area (Å²) < 4.78 is 5.70.